The van der Waals surface area contributed by atoms with E-state index in [-0.39, 0.29) is 0 Å². The van der Waals surface area contributed by atoms with E-state index in [1.807, 2.05) is 13.0 Å². The van der Waals surface area contributed by atoms with Crippen LogP contribution in [0.5, 0.6) is 0 Å². The largest absolute Gasteiger partial charge is 0.465 e. The summed E-state index contributed by atoms with van der Waals surface area (Å²) in [5, 5.41) is 0. The van der Waals surface area contributed by atoms with Crippen LogP contribution in [0.3, 0.4) is 0 Å². The lowest BCUT2D eigenvalue weighted by molar-refractivity contribution is 0.0662. The molecule has 0 saturated heterocycles. The molecule has 1 atom stereocenters. The fraction of sp³-hybridized carbons (Fsp3) is 0.714. The van der Waals surface area contributed by atoms with Crippen molar-refractivity contribution < 1.29 is 13.9 Å². The van der Waals surface area contributed by atoms with E-state index in [1.165, 1.54) is 0 Å². The van der Waals surface area contributed by atoms with Gasteiger partial charge in [0.25, 0.3) is 0 Å². The number of methoxy groups -OCH3 is 2. The van der Waals surface area contributed by atoms with Crippen molar-refractivity contribution in [2.45, 2.75) is 33.0 Å². The highest BCUT2D eigenvalue weighted by Crippen LogP contribution is 2.17. The third-order valence-corrected chi connectivity index (χ3v) is 3.26. The molecule has 5 heteroatoms. The SMILES string of the molecule is COCCN(Cc1cc(CN)c(C)o1)C(C)COC. The number of hydrogen-bond donors (Lipinski definition) is 1. The lowest BCUT2D eigenvalue weighted by Gasteiger charge is -2.27. The molecule has 5 nitrogen and oxygen atoms in total. The molecule has 0 aromatic carbocycles. The van der Waals surface area contributed by atoms with E-state index < -0.39 is 0 Å². The first-order valence-corrected chi connectivity index (χ1v) is 6.62. The molecule has 1 rings (SSSR count). The van der Waals surface area contributed by atoms with Gasteiger partial charge in [-0.1, -0.05) is 0 Å². The van der Waals surface area contributed by atoms with Crippen molar-refractivity contribution in [2.24, 2.45) is 5.73 Å². The molecule has 0 aliphatic rings. The molecule has 0 saturated carbocycles. The first kappa shape index (κ1) is 16.2. The number of nitrogens with zero attached hydrogens (tertiary/aromatic N) is 1. The van der Waals surface area contributed by atoms with Gasteiger partial charge in [0.05, 0.1) is 19.8 Å². The van der Waals surface area contributed by atoms with Crippen LogP contribution in [0.2, 0.25) is 0 Å². The number of ether oxygens (including phenoxy) is 2. The van der Waals surface area contributed by atoms with Crippen LogP contribution in [0.15, 0.2) is 10.5 Å². The first-order chi connectivity index (χ1) is 9.12. The summed E-state index contributed by atoms with van der Waals surface area (Å²) in [4.78, 5) is 2.28. The lowest BCUT2D eigenvalue weighted by Crippen LogP contribution is -2.37. The monoisotopic (exact) mass is 270 g/mol. The molecule has 0 amide bonds. The van der Waals surface area contributed by atoms with Crippen LogP contribution in [0.4, 0.5) is 0 Å². The van der Waals surface area contributed by atoms with Crippen LogP contribution in [0.25, 0.3) is 0 Å². The van der Waals surface area contributed by atoms with Crippen LogP contribution in [-0.4, -0.2) is 44.9 Å². The Morgan fingerprint density at radius 3 is 2.63 bits per heavy atom. The molecule has 1 aromatic heterocycles. The van der Waals surface area contributed by atoms with E-state index in [0.717, 1.165) is 30.2 Å². The number of rotatable bonds is 9. The Morgan fingerprint density at radius 1 is 1.37 bits per heavy atom. The summed E-state index contributed by atoms with van der Waals surface area (Å²) in [7, 11) is 3.43. The molecule has 0 fully saturated rings. The Bertz CT molecular complexity index is 366. The van der Waals surface area contributed by atoms with E-state index in [9.17, 15) is 0 Å². The van der Waals surface area contributed by atoms with Gasteiger partial charge in [0, 0.05) is 38.9 Å². The van der Waals surface area contributed by atoms with Crippen molar-refractivity contribution >= 4 is 0 Å². The second kappa shape index (κ2) is 8.32. The van der Waals surface area contributed by atoms with Gasteiger partial charge < -0.3 is 19.6 Å². The van der Waals surface area contributed by atoms with Crippen LogP contribution in [-0.2, 0) is 22.6 Å². The zero-order valence-electron chi connectivity index (χ0n) is 12.4. The van der Waals surface area contributed by atoms with Crippen LogP contribution >= 0.6 is 0 Å². The topological polar surface area (TPSA) is 60.9 Å². The highest BCUT2D eigenvalue weighted by molar-refractivity contribution is 5.20. The number of hydrogen-bond acceptors (Lipinski definition) is 5. The molecule has 0 aliphatic carbocycles. The molecular weight excluding hydrogens is 244 g/mol. The van der Waals surface area contributed by atoms with Crippen molar-refractivity contribution in [3.8, 4) is 0 Å². The standard InChI is InChI=1S/C14H26N2O3/c1-11(10-18-4)16(5-6-17-3)9-14-7-13(8-15)12(2)19-14/h7,11H,5-6,8-10,15H2,1-4H3. The summed E-state index contributed by atoms with van der Waals surface area (Å²) >= 11 is 0. The summed E-state index contributed by atoms with van der Waals surface area (Å²) in [6.45, 7) is 7.57. The maximum Gasteiger partial charge on any atom is 0.118 e. The summed E-state index contributed by atoms with van der Waals surface area (Å²) in [5.74, 6) is 1.85. The average molecular weight is 270 g/mol. The fourth-order valence-corrected chi connectivity index (χ4v) is 2.08. The van der Waals surface area contributed by atoms with Crippen molar-refractivity contribution in [3.05, 3.63) is 23.2 Å². The predicted octanol–water partition coefficient (Wildman–Crippen LogP) is 1.53. The second-order valence-electron chi connectivity index (χ2n) is 4.77. The highest BCUT2D eigenvalue weighted by Gasteiger charge is 2.16. The lowest BCUT2D eigenvalue weighted by atomic mass is 10.2. The molecule has 0 bridgehead atoms. The fourth-order valence-electron chi connectivity index (χ4n) is 2.08. The molecule has 0 radical (unpaired) electrons. The normalized spacial score (nSPS) is 13.2. The zero-order valence-corrected chi connectivity index (χ0v) is 12.4. The summed E-state index contributed by atoms with van der Waals surface area (Å²) in [5.41, 5.74) is 6.74. The molecule has 2 N–H and O–H groups in total. The van der Waals surface area contributed by atoms with E-state index in [2.05, 4.69) is 11.8 Å². The van der Waals surface area contributed by atoms with E-state index >= 15 is 0 Å². The van der Waals surface area contributed by atoms with E-state index in [4.69, 9.17) is 19.6 Å². The van der Waals surface area contributed by atoms with E-state index in [0.29, 0.717) is 25.8 Å². The number of nitrogens with two attached hydrogens (primary N) is 1. The minimum absolute atomic E-state index is 0.312. The Hall–Kier alpha value is -0.880. The number of furan rings is 1. The Morgan fingerprint density at radius 2 is 2.11 bits per heavy atom. The molecule has 1 aromatic rings. The van der Waals surface area contributed by atoms with Crippen LogP contribution in [0.1, 0.15) is 24.0 Å². The zero-order chi connectivity index (χ0) is 14.3. The van der Waals surface area contributed by atoms with Gasteiger partial charge in [-0.15, -0.1) is 0 Å². The van der Waals surface area contributed by atoms with E-state index in [1.54, 1.807) is 14.2 Å². The highest BCUT2D eigenvalue weighted by atomic mass is 16.5. The van der Waals surface area contributed by atoms with Crippen LogP contribution in [0, 0.1) is 6.92 Å². The third-order valence-electron chi connectivity index (χ3n) is 3.26. The van der Waals surface area contributed by atoms with Gasteiger partial charge >= 0.3 is 0 Å². The van der Waals surface area contributed by atoms with Crippen LogP contribution < -0.4 is 5.73 Å². The van der Waals surface area contributed by atoms with Gasteiger partial charge in [-0.3, -0.25) is 4.90 Å². The van der Waals surface area contributed by atoms with Crippen molar-refractivity contribution in [3.63, 3.8) is 0 Å². The Kier molecular flexibility index (Phi) is 7.09. The maximum absolute atomic E-state index is 5.74. The minimum atomic E-state index is 0.312. The van der Waals surface area contributed by atoms with Gasteiger partial charge in [-0.25, -0.2) is 0 Å². The molecule has 0 aliphatic heterocycles. The molecule has 1 heterocycles. The average Bonchev–Trinajstić information content (AvgIpc) is 2.74. The van der Waals surface area contributed by atoms with Crippen molar-refractivity contribution in [2.75, 3.05) is 34.0 Å². The molecular formula is C14H26N2O3. The molecule has 0 spiro atoms. The molecule has 110 valence electrons. The smallest absolute Gasteiger partial charge is 0.118 e. The Labute approximate surface area is 115 Å². The number of aryl methyl sites for hydroxylation is 1. The summed E-state index contributed by atoms with van der Waals surface area (Å²) in [6, 6.07) is 2.35. The Balaban J connectivity index is 2.68. The van der Waals surface area contributed by atoms with Gasteiger partial charge in [0.15, 0.2) is 0 Å². The maximum atomic E-state index is 5.74. The summed E-state index contributed by atoms with van der Waals surface area (Å²) in [6.07, 6.45) is 0. The van der Waals surface area contributed by atoms with Gasteiger partial charge in [-0.05, 0) is 19.9 Å². The second-order valence-corrected chi connectivity index (χ2v) is 4.77. The first-order valence-electron chi connectivity index (χ1n) is 6.62. The molecule has 19 heavy (non-hydrogen) atoms. The summed E-state index contributed by atoms with van der Waals surface area (Å²) < 4.78 is 16.1. The van der Waals surface area contributed by atoms with Gasteiger partial charge in [0.1, 0.15) is 11.5 Å². The van der Waals surface area contributed by atoms with Gasteiger partial charge in [0.2, 0.25) is 0 Å². The quantitative estimate of drug-likeness (QED) is 0.737. The van der Waals surface area contributed by atoms with Gasteiger partial charge in [-0.2, -0.15) is 0 Å². The third kappa shape index (κ3) is 4.95. The van der Waals surface area contributed by atoms with Crippen molar-refractivity contribution in [1.82, 2.24) is 4.90 Å². The molecule has 1 unspecified atom stereocenters. The van der Waals surface area contributed by atoms with Crippen molar-refractivity contribution in [1.29, 1.82) is 0 Å². The predicted molar refractivity (Wildman–Crippen MR) is 75.0 cm³/mol. The minimum Gasteiger partial charge on any atom is -0.465 e.